The van der Waals surface area contributed by atoms with Crippen molar-refractivity contribution in [1.29, 1.82) is 0 Å². The van der Waals surface area contributed by atoms with E-state index >= 15 is 0 Å². The fraction of sp³-hybridized carbons (Fsp3) is 0.545. The molecule has 0 aliphatic rings. The summed E-state index contributed by atoms with van der Waals surface area (Å²) < 4.78 is 10.3. The number of rotatable bonds is 4. The molecule has 0 aliphatic heterocycles. The Bertz CT molecular complexity index is 352. The lowest BCUT2D eigenvalue weighted by atomic mass is 10.1. The van der Waals surface area contributed by atoms with Gasteiger partial charge in [-0.05, 0) is 12.8 Å². The van der Waals surface area contributed by atoms with Crippen molar-refractivity contribution >= 4 is 0 Å². The Labute approximate surface area is 83.7 Å². The highest BCUT2D eigenvalue weighted by Gasteiger charge is 2.10. The molecule has 0 atom stereocenters. The third-order valence-corrected chi connectivity index (χ3v) is 2.26. The fourth-order valence-electron chi connectivity index (χ4n) is 1.44. The van der Waals surface area contributed by atoms with Gasteiger partial charge in [0.1, 0.15) is 12.4 Å². The Morgan fingerprint density at radius 1 is 1.36 bits per heavy atom. The van der Waals surface area contributed by atoms with Crippen LogP contribution in [0.15, 0.2) is 15.5 Å². The van der Waals surface area contributed by atoms with Crippen molar-refractivity contribution in [2.75, 3.05) is 7.11 Å². The molecule has 0 unspecified atom stereocenters. The number of ether oxygens (including phenoxy) is 1. The summed E-state index contributed by atoms with van der Waals surface area (Å²) in [5.41, 5.74) is 1.58. The second-order valence-corrected chi connectivity index (χ2v) is 3.13. The monoisotopic (exact) mass is 196 g/mol. The Morgan fingerprint density at radius 2 is 2.07 bits per heavy atom. The van der Waals surface area contributed by atoms with Crippen molar-refractivity contribution in [3.63, 3.8) is 0 Å². The summed E-state index contributed by atoms with van der Waals surface area (Å²) in [7, 11) is 1.59. The highest BCUT2D eigenvalue weighted by molar-refractivity contribution is 5.22. The van der Waals surface area contributed by atoms with Crippen LogP contribution in [-0.4, -0.2) is 7.11 Å². The van der Waals surface area contributed by atoms with Gasteiger partial charge in [0.15, 0.2) is 5.43 Å². The first-order valence-corrected chi connectivity index (χ1v) is 4.85. The summed E-state index contributed by atoms with van der Waals surface area (Å²) in [4.78, 5) is 11.8. The van der Waals surface area contributed by atoms with Gasteiger partial charge in [0.05, 0.1) is 6.26 Å². The molecule has 1 rings (SSSR count). The Hall–Kier alpha value is -1.09. The maximum Gasteiger partial charge on any atom is 0.191 e. The molecule has 0 aromatic carbocycles. The third-order valence-electron chi connectivity index (χ3n) is 2.26. The van der Waals surface area contributed by atoms with Crippen LogP contribution in [0.3, 0.4) is 0 Å². The molecular formula is C11H16O3. The topological polar surface area (TPSA) is 39.4 Å². The van der Waals surface area contributed by atoms with Gasteiger partial charge < -0.3 is 9.15 Å². The summed E-state index contributed by atoms with van der Waals surface area (Å²) in [5, 5.41) is 0. The van der Waals surface area contributed by atoms with E-state index in [2.05, 4.69) is 0 Å². The molecule has 1 heterocycles. The zero-order valence-electron chi connectivity index (χ0n) is 8.92. The Balaban J connectivity index is 3.21. The molecule has 1 aromatic rings. The smallest absolute Gasteiger partial charge is 0.191 e. The second kappa shape index (κ2) is 4.96. The summed E-state index contributed by atoms with van der Waals surface area (Å²) in [6.45, 7) is 4.26. The number of hydrogen-bond acceptors (Lipinski definition) is 3. The first-order valence-electron chi connectivity index (χ1n) is 4.85. The lowest BCUT2D eigenvalue weighted by Crippen LogP contribution is -2.16. The molecule has 3 heteroatoms. The Kier molecular flexibility index (Phi) is 3.89. The van der Waals surface area contributed by atoms with Gasteiger partial charge in [-0.3, -0.25) is 4.79 Å². The molecule has 0 aliphatic carbocycles. The summed E-state index contributed by atoms with van der Waals surface area (Å²) >= 11 is 0. The first-order chi connectivity index (χ1) is 6.74. The van der Waals surface area contributed by atoms with Crippen molar-refractivity contribution in [2.24, 2.45) is 0 Å². The van der Waals surface area contributed by atoms with Crippen molar-refractivity contribution < 1.29 is 9.15 Å². The predicted octanol–water partition coefficient (Wildman–Crippen LogP) is 1.91. The number of hydrogen-bond donors (Lipinski definition) is 0. The average molecular weight is 196 g/mol. The molecule has 0 fully saturated rings. The van der Waals surface area contributed by atoms with Crippen molar-refractivity contribution in [1.82, 2.24) is 0 Å². The van der Waals surface area contributed by atoms with Crippen molar-refractivity contribution in [3.05, 3.63) is 33.4 Å². The maximum atomic E-state index is 11.8. The van der Waals surface area contributed by atoms with E-state index < -0.39 is 0 Å². The Morgan fingerprint density at radius 3 is 2.57 bits per heavy atom. The van der Waals surface area contributed by atoms with E-state index in [1.54, 1.807) is 7.11 Å². The minimum atomic E-state index is 0.105. The van der Waals surface area contributed by atoms with Crippen LogP contribution >= 0.6 is 0 Å². The van der Waals surface area contributed by atoms with Gasteiger partial charge in [-0.1, -0.05) is 13.8 Å². The van der Waals surface area contributed by atoms with Gasteiger partial charge in [-0.25, -0.2) is 0 Å². The minimum absolute atomic E-state index is 0.105. The quantitative estimate of drug-likeness (QED) is 0.738. The van der Waals surface area contributed by atoms with Gasteiger partial charge in [0, 0.05) is 18.2 Å². The molecule has 78 valence electrons. The van der Waals surface area contributed by atoms with Crippen LogP contribution in [0.5, 0.6) is 0 Å². The zero-order chi connectivity index (χ0) is 10.6. The van der Waals surface area contributed by atoms with Crippen molar-refractivity contribution in [3.8, 4) is 0 Å². The third kappa shape index (κ3) is 2.04. The molecule has 0 radical (unpaired) electrons. The van der Waals surface area contributed by atoms with Gasteiger partial charge in [-0.2, -0.15) is 0 Å². The second-order valence-electron chi connectivity index (χ2n) is 3.13. The van der Waals surface area contributed by atoms with Crippen LogP contribution in [0.2, 0.25) is 0 Å². The van der Waals surface area contributed by atoms with E-state index in [-0.39, 0.29) is 5.43 Å². The van der Waals surface area contributed by atoms with Crippen molar-refractivity contribution in [2.45, 2.75) is 33.3 Å². The lowest BCUT2D eigenvalue weighted by Gasteiger charge is -2.06. The normalized spacial score (nSPS) is 10.5. The number of aryl methyl sites for hydroxylation is 1. The van der Waals surface area contributed by atoms with E-state index in [4.69, 9.17) is 9.15 Å². The first kappa shape index (κ1) is 11.0. The predicted molar refractivity (Wildman–Crippen MR) is 54.4 cm³/mol. The lowest BCUT2D eigenvalue weighted by molar-refractivity contribution is 0.160. The van der Waals surface area contributed by atoms with Gasteiger partial charge >= 0.3 is 0 Å². The average Bonchev–Trinajstić information content (AvgIpc) is 2.19. The maximum absolute atomic E-state index is 11.8. The summed E-state index contributed by atoms with van der Waals surface area (Å²) in [6.07, 6.45) is 2.94. The van der Waals surface area contributed by atoms with Crippen LogP contribution in [0.4, 0.5) is 0 Å². The molecule has 14 heavy (non-hydrogen) atoms. The molecule has 0 bridgehead atoms. The van der Waals surface area contributed by atoms with Gasteiger partial charge in [0.25, 0.3) is 0 Å². The van der Waals surface area contributed by atoms with Gasteiger partial charge in [0.2, 0.25) is 0 Å². The number of methoxy groups -OCH3 is 1. The van der Waals surface area contributed by atoms with Gasteiger partial charge in [-0.15, -0.1) is 0 Å². The summed E-state index contributed by atoms with van der Waals surface area (Å²) in [5.74, 6) is 0.650. The summed E-state index contributed by atoms with van der Waals surface area (Å²) in [6, 6.07) is 0. The largest absolute Gasteiger partial charge is 0.466 e. The molecule has 0 N–H and O–H groups in total. The van der Waals surface area contributed by atoms with E-state index in [0.29, 0.717) is 25.2 Å². The highest BCUT2D eigenvalue weighted by atomic mass is 16.5. The molecule has 0 saturated heterocycles. The van der Waals surface area contributed by atoms with Crippen LogP contribution in [-0.2, 0) is 24.2 Å². The molecule has 0 saturated carbocycles. The van der Waals surface area contributed by atoms with Crippen LogP contribution in [0.25, 0.3) is 0 Å². The van der Waals surface area contributed by atoms with E-state index in [1.165, 1.54) is 6.26 Å². The molecule has 1 aromatic heterocycles. The van der Waals surface area contributed by atoms with E-state index in [9.17, 15) is 4.79 Å². The SMILES string of the molecule is CCc1coc(COC)c(CC)c1=O. The molecule has 3 nitrogen and oxygen atoms in total. The van der Waals surface area contributed by atoms with Crippen LogP contribution < -0.4 is 5.43 Å². The van der Waals surface area contributed by atoms with Crippen LogP contribution in [0.1, 0.15) is 30.7 Å². The van der Waals surface area contributed by atoms with Crippen LogP contribution in [0, 0.1) is 0 Å². The fourth-order valence-corrected chi connectivity index (χ4v) is 1.44. The van der Waals surface area contributed by atoms with E-state index in [1.807, 2.05) is 13.8 Å². The molecule has 0 spiro atoms. The molecule has 0 amide bonds. The standard InChI is InChI=1S/C11H16O3/c1-4-8-6-14-10(7-13-3)9(5-2)11(8)12/h6H,4-5,7H2,1-3H3. The highest BCUT2D eigenvalue weighted by Crippen LogP contribution is 2.08. The zero-order valence-corrected chi connectivity index (χ0v) is 8.92. The van der Waals surface area contributed by atoms with E-state index in [0.717, 1.165) is 11.1 Å². The molecular weight excluding hydrogens is 180 g/mol. The minimum Gasteiger partial charge on any atom is -0.466 e.